The van der Waals surface area contributed by atoms with Gasteiger partial charge in [-0.3, -0.25) is 4.79 Å². The van der Waals surface area contributed by atoms with Crippen LogP contribution in [0.2, 0.25) is 0 Å². The second kappa shape index (κ2) is 5.66. The summed E-state index contributed by atoms with van der Waals surface area (Å²) < 4.78 is 20.1. The van der Waals surface area contributed by atoms with Crippen LogP contribution in [0.15, 0.2) is 47.8 Å². The molecule has 4 heteroatoms. The van der Waals surface area contributed by atoms with Crippen molar-refractivity contribution in [2.24, 2.45) is 0 Å². The number of Topliss-reactive ketones (excluding diaryl/α,β-unsaturated/α-hetero) is 1. The molecule has 0 N–H and O–H groups in total. The minimum absolute atomic E-state index is 0.0315. The van der Waals surface area contributed by atoms with E-state index in [9.17, 15) is 9.18 Å². The summed E-state index contributed by atoms with van der Waals surface area (Å²) in [6.07, 6.45) is 0.0315. The van der Waals surface area contributed by atoms with Crippen LogP contribution in [0.1, 0.15) is 15.9 Å². The summed E-state index contributed by atoms with van der Waals surface area (Å²) in [7, 11) is 1.41. The van der Waals surface area contributed by atoms with Crippen LogP contribution in [-0.4, -0.2) is 12.9 Å². The van der Waals surface area contributed by atoms with Gasteiger partial charge in [0.15, 0.2) is 17.3 Å². The molecule has 2 nitrogen and oxygen atoms in total. The lowest BCUT2D eigenvalue weighted by atomic mass is 10.0. The van der Waals surface area contributed by atoms with Crippen molar-refractivity contribution in [2.75, 3.05) is 7.11 Å². The number of carbonyl (C=O) groups excluding carboxylic acids is 1. The van der Waals surface area contributed by atoms with E-state index in [2.05, 4.69) is 0 Å². The van der Waals surface area contributed by atoms with Gasteiger partial charge in [-0.2, -0.15) is 0 Å². The summed E-state index contributed by atoms with van der Waals surface area (Å²) in [5.74, 6) is -0.386. The standard InChI is InChI=1S/C17H13FO2S/c1-20-15-7-4-5-11(17(15)18)9-14(19)13-10-21-16-8-3-2-6-12(13)16/h2-8,10H,9H2,1H3. The third-order valence-corrected chi connectivity index (χ3v) is 4.36. The second-order valence-corrected chi connectivity index (χ2v) is 5.59. The molecule has 1 heterocycles. The number of rotatable bonds is 4. The first-order valence-electron chi connectivity index (χ1n) is 6.51. The molecule has 0 bridgehead atoms. The van der Waals surface area contributed by atoms with Crippen molar-refractivity contribution in [3.05, 3.63) is 64.8 Å². The number of carbonyl (C=O) groups is 1. The highest BCUT2D eigenvalue weighted by molar-refractivity contribution is 7.17. The van der Waals surface area contributed by atoms with Gasteiger partial charge >= 0.3 is 0 Å². The van der Waals surface area contributed by atoms with E-state index in [1.807, 2.05) is 29.6 Å². The fraction of sp³-hybridized carbons (Fsp3) is 0.118. The molecular formula is C17H13FO2S. The molecule has 3 rings (SSSR count). The summed E-state index contributed by atoms with van der Waals surface area (Å²) in [6.45, 7) is 0. The fourth-order valence-corrected chi connectivity index (χ4v) is 3.28. The number of halogens is 1. The topological polar surface area (TPSA) is 26.3 Å². The van der Waals surface area contributed by atoms with Crippen LogP contribution in [-0.2, 0) is 6.42 Å². The van der Waals surface area contributed by atoms with Crippen LogP contribution in [0.25, 0.3) is 10.1 Å². The molecule has 0 aliphatic heterocycles. The van der Waals surface area contributed by atoms with E-state index >= 15 is 0 Å². The van der Waals surface area contributed by atoms with Gasteiger partial charge in [0.1, 0.15) is 0 Å². The van der Waals surface area contributed by atoms with E-state index in [-0.39, 0.29) is 18.0 Å². The number of fused-ring (bicyclic) bond motifs is 1. The molecule has 0 unspecified atom stereocenters. The first-order valence-corrected chi connectivity index (χ1v) is 7.39. The maximum Gasteiger partial charge on any atom is 0.168 e. The van der Waals surface area contributed by atoms with Gasteiger partial charge in [0, 0.05) is 27.5 Å². The van der Waals surface area contributed by atoms with Gasteiger partial charge in [-0.05, 0) is 17.7 Å². The van der Waals surface area contributed by atoms with Gasteiger partial charge in [0.05, 0.1) is 7.11 Å². The minimum atomic E-state index is -0.465. The van der Waals surface area contributed by atoms with Crippen molar-refractivity contribution in [1.82, 2.24) is 0 Å². The lowest BCUT2D eigenvalue weighted by Crippen LogP contribution is -2.05. The van der Waals surface area contributed by atoms with Crippen LogP contribution >= 0.6 is 11.3 Å². The van der Waals surface area contributed by atoms with Crippen molar-refractivity contribution >= 4 is 27.2 Å². The third-order valence-electron chi connectivity index (χ3n) is 3.40. The van der Waals surface area contributed by atoms with Crippen molar-refractivity contribution in [3.63, 3.8) is 0 Å². The Morgan fingerprint density at radius 1 is 1.19 bits per heavy atom. The van der Waals surface area contributed by atoms with Gasteiger partial charge in [-0.25, -0.2) is 4.39 Å². The summed E-state index contributed by atoms with van der Waals surface area (Å²) in [4.78, 5) is 12.4. The van der Waals surface area contributed by atoms with Crippen molar-refractivity contribution in [1.29, 1.82) is 0 Å². The highest BCUT2D eigenvalue weighted by atomic mass is 32.1. The first kappa shape index (κ1) is 13.8. The zero-order chi connectivity index (χ0) is 14.8. The van der Waals surface area contributed by atoms with Crippen LogP contribution < -0.4 is 4.74 Å². The third kappa shape index (κ3) is 2.54. The van der Waals surface area contributed by atoms with Gasteiger partial charge in [-0.1, -0.05) is 30.3 Å². The number of benzene rings is 2. The van der Waals surface area contributed by atoms with E-state index in [1.165, 1.54) is 18.4 Å². The molecule has 0 spiro atoms. The molecular weight excluding hydrogens is 287 g/mol. The summed E-state index contributed by atoms with van der Waals surface area (Å²) >= 11 is 1.53. The molecule has 3 aromatic rings. The Kier molecular flexibility index (Phi) is 3.71. The molecule has 0 saturated heterocycles. The van der Waals surface area contributed by atoms with Crippen molar-refractivity contribution in [2.45, 2.75) is 6.42 Å². The first-order chi connectivity index (χ1) is 10.2. The van der Waals surface area contributed by atoms with E-state index in [0.29, 0.717) is 11.1 Å². The van der Waals surface area contributed by atoms with Crippen molar-refractivity contribution in [3.8, 4) is 5.75 Å². The Bertz CT molecular complexity index is 807. The Morgan fingerprint density at radius 3 is 2.81 bits per heavy atom. The largest absolute Gasteiger partial charge is 0.494 e. The number of methoxy groups -OCH3 is 1. The maximum atomic E-state index is 14.1. The molecule has 1 aromatic heterocycles. The molecule has 106 valence electrons. The van der Waals surface area contributed by atoms with Crippen LogP contribution in [0.3, 0.4) is 0 Å². The summed E-state index contributed by atoms with van der Waals surface area (Å²) in [5, 5.41) is 2.77. The average molecular weight is 300 g/mol. The molecule has 0 saturated carbocycles. The number of thiophene rings is 1. The molecule has 0 radical (unpaired) electrons. The predicted molar refractivity (Wildman–Crippen MR) is 82.8 cm³/mol. The lowest BCUT2D eigenvalue weighted by Gasteiger charge is -2.06. The Hall–Kier alpha value is -2.20. The van der Waals surface area contributed by atoms with E-state index in [1.54, 1.807) is 18.2 Å². The highest BCUT2D eigenvalue weighted by Gasteiger charge is 2.16. The molecule has 0 fully saturated rings. The van der Waals surface area contributed by atoms with Crippen LogP contribution in [0.4, 0.5) is 4.39 Å². The zero-order valence-corrected chi connectivity index (χ0v) is 12.2. The normalized spacial score (nSPS) is 10.8. The molecule has 2 aromatic carbocycles. The Labute approximate surface area is 125 Å². The molecule has 0 atom stereocenters. The smallest absolute Gasteiger partial charge is 0.168 e. The summed E-state index contributed by atoms with van der Waals surface area (Å²) in [5.41, 5.74) is 1.01. The lowest BCUT2D eigenvalue weighted by molar-refractivity contribution is 0.0993. The summed E-state index contributed by atoms with van der Waals surface area (Å²) in [6, 6.07) is 12.6. The fourth-order valence-electron chi connectivity index (χ4n) is 2.31. The average Bonchev–Trinajstić information content (AvgIpc) is 2.93. The van der Waals surface area contributed by atoms with Crippen LogP contribution in [0, 0.1) is 5.82 Å². The van der Waals surface area contributed by atoms with E-state index < -0.39 is 5.82 Å². The highest BCUT2D eigenvalue weighted by Crippen LogP contribution is 2.28. The van der Waals surface area contributed by atoms with Crippen molar-refractivity contribution < 1.29 is 13.9 Å². The number of ether oxygens (including phenoxy) is 1. The van der Waals surface area contributed by atoms with Gasteiger partial charge in [-0.15, -0.1) is 11.3 Å². The maximum absolute atomic E-state index is 14.1. The predicted octanol–water partition coefficient (Wildman–Crippen LogP) is 4.47. The quantitative estimate of drug-likeness (QED) is 0.664. The molecule has 0 aliphatic carbocycles. The Balaban J connectivity index is 1.94. The number of hydrogen-bond acceptors (Lipinski definition) is 3. The van der Waals surface area contributed by atoms with Gasteiger partial charge in [0.2, 0.25) is 0 Å². The van der Waals surface area contributed by atoms with E-state index in [0.717, 1.165) is 10.1 Å². The second-order valence-electron chi connectivity index (χ2n) is 4.68. The monoisotopic (exact) mass is 300 g/mol. The van der Waals surface area contributed by atoms with E-state index in [4.69, 9.17) is 4.74 Å². The zero-order valence-electron chi connectivity index (χ0n) is 11.4. The van der Waals surface area contributed by atoms with Gasteiger partial charge < -0.3 is 4.74 Å². The van der Waals surface area contributed by atoms with Gasteiger partial charge in [0.25, 0.3) is 0 Å². The Morgan fingerprint density at radius 2 is 2.00 bits per heavy atom. The number of ketones is 1. The molecule has 0 amide bonds. The molecule has 21 heavy (non-hydrogen) atoms. The molecule has 0 aliphatic rings. The minimum Gasteiger partial charge on any atom is -0.494 e. The SMILES string of the molecule is COc1cccc(CC(=O)c2csc3ccccc23)c1F. The van der Waals surface area contributed by atoms with Crippen LogP contribution in [0.5, 0.6) is 5.75 Å². The number of hydrogen-bond donors (Lipinski definition) is 0.